The molecule has 0 saturated carbocycles. The molecule has 0 fully saturated rings. The first kappa shape index (κ1) is 16.5. The summed E-state index contributed by atoms with van der Waals surface area (Å²) in [5.74, 6) is 1.25. The summed E-state index contributed by atoms with van der Waals surface area (Å²) in [5.41, 5.74) is 2.05. The molecule has 0 atom stereocenters. The summed E-state index contributed by atoms with van der Waals surface area (Å²) >= 11 is 0. The van der Waals surface area contributed by atoms with Gasteiger partial charge in [-0.25, -0.2) is 18.1 Å². The summed E-state index contributed by atoms with van der Waals surface area (Å²) in [6, 6.07) is 12.2. The standard InChI is InChI=1S/C17H18N2O4S/c1-12-19-15-11-14(7-8-17(15)23-12)24(20,21)18-10-9-13-5-3-4-6-16(13)22-2/h3-8,11,18H,9-10H2,1-2H3. The van der Waals surface area contributed by atoms with Gasteiger partial charge in [0.05, 0.1) is 12.0 Å². The van der Waals surface area contributed by atoms with Gasteiger partial charge in [-0.2, -0.15) is 0 Å². The molecule has 0 amide bonds. The van der Waals surface area contributed by atoms with Crippen LogP contribution in [0.4, 0.5) is 0 Å². The minimum Gasteiger partial charge on any atom is -0.496 e. The normalized spacial score (nSPS) is 11.8. The summed E-state index contributed by atoms with van der Waals surface area (Å²) in [5, 5.41) is 0. The molecule has 0 unspecified atom stereocenters. The molecular formula is C17H18N2O4S. The third kappa shape index (κ3) is 3.42. The Labute approximate surface area is 140 Å². The first-order valence-corrected chi connectivity index (χ1v) is 8.97. The van der Waals surface area contributed by atoms with Crippen LogP contribution in [0.25, 0.3) is 11.1 Å². The average Bonchev–Trinajstić information content (AvgIpc) is 2.94. The molecule has 7 heteroatoms. The maximum absolute atomic E-state index is 12.4. The summed E-state index contributed by atoms with van der Waals surface area (Å²) in [7, 11) is -2.01. The fourth-order valence-electron chi connectivity index (χ4n) is 2.50. The lowest BCUT2D eigenvalue weighted by Gasteiger charge is -2.09. The van der Waals surface area contributed by atoms with Gasteiger partial charge < -0.3 is 9.15 Å². The van der Waals surface area contributed by atoms with Gasteiger partial charge in [0.15, 0.2) is 11.5 Å². The smallest absolute Gasteiger partial charge is 0.240 e. The number of aromatic nitrogens is 1. The second kappa shape index (κ2) is 6.62. The molecule has 1 N–H and O–H groups in total. The Bertz CT molecular complexity index is 964. The Morgan fingerprint density at radius 3 is 2.79 bits per heavy atom. The third-order valence-electron chi connectivity index (χ3n) is 3.66. The zero-order valence-corrected chi connectivity index (χ0v) is 14.3. The van der Waals surface area contributed by atoms with Crippen molar-refractivity contribution in [2.75, 3.05) is 13.7 Å². The molecule has 0 aliphatic carbocycles. The number of para-hydroxylation sites is 1. The van der Waals surface area contributed by atoms with Crippen LogP contribution in [-0.4, -0.2) is 27.1 Å². The van der Waals surface area contributed by atoms with Gasteiger partial charge in [-0.05, 0) is 36.2 Å². The molecule has 2 aromatic carbocycles. The average molecular weight is 346 g/mol. The number of sulfonamides is 1. The molecule has 1 aromatic heterocycles. The van der Waals surface area contributed by atoms with E-state index in [2.05, 4.69) is 9.71 Å². The van der Waals surface area contributed by atoms with E-state index in [1.54, 1.807) is 20.1 Å². The monoisotopic (exact) mass is 346 g/mol. The Kier molecular flexibility index (Phi) is 4.55. The van der Waals surface area contributed by atoms with Crippen LogP contribution in [0.15, 0.2) is 51.8 Å². The first-order chi connectivity index (χ1) is 11.5. The number of rotatable bonds is 6. The minimum absolute atomic E-state index is 0.170. The number of fused-ring (bicyclic) bond motifs is 1. The lowest BCUT2D eigenvalue weighted by Crippen LogP contribution is -2.26. The van der Waals surface area contributed by atoms with E-state index in [9.17, 15) is 8.42 Å². The molecule has 1 heterocycles. The number of hydrogen-bond acceptors (Lipinski definition) is 5. The van der Waals surface area contributed by atoms with Crippen LogP contribution in [0.3, 0.4) is 0 Å². The van der Waals surface area contributed by atoms with Crippen LogP contribution in [0.2, 0.25) is 0 Å². The zero-order valence-electron chi connectivity index (χ0n) is 13.4. The second-order valence-corrected chi connectivity index (χ2v) is 7.09. The van der Waals surface area contributed by atoms with Crippen LogP contribution in [0.5, 0.6) is 5.75 Å². The zero-order chi connectivity index (χ0) is 17.2. The van der Waals surface area contributed by atoms with E-state index in [1.807, 2.05) is 24.3 Å². The van der Waals surface area contributed by atoms with E-state index in [1.165, 1.54) is 12.1 Å². The Morgan fingerprint density at radius 1 is 1.21 bits per heavy atom. The van der Waals surface area contributed by atoms with Crippen LogP contribution >= 0.6 is 0 Å². The number of ether oxygens (including phenoxy) is 1. The van der Waals surface area contributed by atoms with E-state index in [0.717, 1.165) is 11.3 Å². The van der Waals surface area contributed by atoms with Gasteiger partial charge in [0.1, 0.15) is 11.3 Å². The Balaban J connectivity index is 1.73. The largest absolute Gasteiger partial charge is 0.496 e. The lowest BCUT2D eigenvalue weighted by molar-refractivity contribution is 0.409. The summed E-state index contributed by atoms with van der Waals surface area (Å²) in [6.45, 7) is 2.00. The quantitative estimate of drug-likeness (QED) is 0.742. The number of nitrogens with one attached hydrogen (secondary N) is 1. The topological polar surface area (TPSA) is 81.4 Å². The summed E-state index contributed by atoms with van der Waals surface area (Å²) in [6.07, 6.45) is 0.536. The number of nitrogens with zero attached hydrogens (tertiary/aromatic N) is 1. The molecule has 6 nitrogen and oxygen atoms in total. The maximum atomic E-state index is 12.4. The van der Waals surface area contributed by atoms with E-state index < -0.39 is 10.0 Å². The van der Waals surface area contributed by atoms with Crippen molar-refractivity contribution >= 4 is 21.1 Å². The second-order valence-electron chi connectivity index (χ2n) is 5.32. The van der Waals surface area contributed by atoms with Crippen molar-refractivity contribution in [2.45, 2.75) is 18.2 Å². The van der Waals surface area contributed by atoms with E-state index in [0.29, 0.717) is 23.4 Å². The van der Waals surface area contributed by atoms with Gasteiger partial charge >= 0.3 is 0 Å². The highest BCUT2D eigenvalue weighted by Gasteiger charge is 2.16. The lowest BCUT2D eigenvalue weighted by atomic mass is 10.1. The van der Waals surface area contributed by atoms with Crippen molar-refractivity contribution in [3.8, 4) is 5.75 Å². The van der Waals surface area contributed by atoms with Gasteiger partial charge in [-0.15, -0.1) is 0 Å². The Morgan fingerprint density at radius 2 is 2.00 bits per heavy atom. The molecule has 3 aromatic rings. The fourth-order valence-corrected chi connectivity index (χ4v) is 3.55. The third-order valence-corrected chi connectivity index (χ3v) is 5.11. The van der Waals surface area contributed by atoms with Gasteiger partial charge in [-0.1, -0.05) is 18.2 Å². The van der Waals surface area contributed by atoms with Gasteiger partial charge in [-0.3, -0.25) is 0 Å². The molecule has 0 aliphatic rings. The highest BCUT2D eigenvalue weighted by atomic mass is 32.2. The molecule has 24 heavy (non-hydrogen) atoms. The first-order valence-electron chi connectivity index (χ1n) is 7.48. The van der Waals surface area contributed by atoms with Crippen LogP contribution < -0.4 is 9.46 Å². The van der Waals surface area contributed by atoms with Crippen molar-refractivity contribution in [3.63, 3.8) is 0 Å². The van der Waals surface area contributed by atoms with Gasteiger partial charge in [0.25, 0.3) is 0 Å². The molecule has 0 radical (unpaired) electrons. The fraction of sp³-hybridized carbons (Fsp3) is 0.235. The van der Waals surface area contributed by atoms with Crippen LogP contribution in [0, 0.1) is 6.92 Å². The summed E-state index contributed by atoms with van der Waals surface area (Å²) < 4.78 is 38.1. The number of oxazole rings is 1. The molecule has 0 spiro atoms. The summed E-state index contributed by atoms with van der Waals surface area (Å²) in [4.78, 5) is 4.33. The predicted molar refractivity (Wildman–Crippen MR) is 90.6 cm³/mol. The van der Waals surface area contributed by atoms with E-state index in [4.69, 9.17) is 9.15 Å². The van der Waals surface area contributed by atoms with Crippen molar-refractivity contribution in [1.29, 1.82) is 0 Å². The molecule has 0 bridgehead atoms. The number of methoxy groups -OCH3 is 1. The highest BCUT2D eigenvalue weighted by molar-refractivity contribution is 7.89. The van der Waals surface area contributed by atoms with Gasteiger partial charge in [0, 0.05) is 13.5 Å². The Hall–Kier alpha value is -2.38. The van der Waals surface area contributed by atoms with Gasteiger partial charge in [0.2, 0.25) is 10.0 Å². The van der Waals surface area contributed by atoms with E-state index in [-0.39, 0.29) is 11.4 Å². The molecule has 0 aliphatic heterocycles. The number of benzene rings is 2. The molecular weight excluding hydrogens is 328 g/mol. The maximum Gasteiger partial charge on any atom is 0.240 e. The van der Waals surface area contributed by atoms with Crippen molar-refractivity contribution in [1.82, 2.24) is 9.71 Å². The van der Waals surface area contributed by atoms with Crippen LogP contribution in [-0.2, 0) is 16.4 Å². The van der Waals surface area contributed by atoms with Crippen molar-refractivity contribution < 1.29 is 17.6 Å². The number of aryl methyl sites for hydroxylation is 1. The van der Waals surface area contributed by atoms with Crippen molar-refractivity contribution in [2.24, 2.45) is 0 Å². The van der Waals surface area contributed by atoms with E-state index >= 15 is 0 Å². The molecule has 126 valence electrons. The predicted octanol–water partition coefficient (Wildman–Crippen LogP) is 2.67. The highest BCUT2D eigenvalue weighted by Crippen LogP contribution is 2.20. The SMILES string of the molecule is COc1ccccc1CCNS(=O)(=O)c1ccc2oc(C)nc2c1. The molecule has 3 rings (SSSR count). The van der Waals surface area contributed by atoms with Crippen LogP contribution in [0.1, 0.15) is 11.5 Å². The number of hydrogen-bond donors (Lipinski definition) is 1. The van der Waals surface area contributed by atoms with Crippen molar-refractivity contribution in [3.05, 3.63) is 53.9 Å². The molecule has 0 saturated heterocycles. The minimum atomic E-state index is -3.60.